The molecule has 0 aromatic carbocycles. The molecule has 0 bridgehead atoms. The van der Waals surface area contributed by atoms with Crippen LogP contribution in [0.15, 0.2) is 0 Å². The molecule has 3 heterocycles. The fourth-order valence-corrected chi connectivity index (χ4v) is 6.31. The molecule has 3 aliphatic rings. The largest absolute Gasteiger partial charge is 0.332 e. The summed E-state index contributed by atoms with van der Waals surface area (Å²) in [6, 6.07) is 0.502. The van der Waals surface area contributed by atoms with Crippen LogP contribution in [0.3, 0.4) is 0 Å². The summed E-state index contributed by atoms with van der Waals surface area (Å²) in [7, 11) is 0. The number of aryl methyl sites for hydroxylation is 2. The Labute approximate surface area is 149 Å². The van der Waals surface area contributed by atoms with Crippen LogP contribution in [0.4, 0.5) is 9.93 Å². The second kappa shape index (κ2) is 6.92. The van der Waals surface area contributed by atoms with Crippen molar-refractivity contribution in [3.05, 3.63) is 10.6 Å². The Balaban J connectivity index is 1.16. The Kier molecular flexibility index (Phi) is 4.67. The van der Waals surface area contributed by atoms with Crippen LogP contribution < -0.4 is 16.0 Å². The summed E-state index contributed by atoms with van der Waals surface area (Å²) in [5.74, 6) is 1.05. The molecule has 6 nitrogen and oxygen atoms in total. The topological polar surface area (TPSA) is 83.1 Å². The number of thioether (sulfide) groups is 1. The zero-order chi connectivity index (χ0) is 16.5. The van der Waals surface area contributed by atoms with E-state index >= 15 is 0 Å². The van der Waals surface area contributed by atoms with E-state index in [0.717, 1.165) is 43.0 Å². The fourth-order valence-electron chi connectivity index (χ4n) is 3.70. The monoisotopic (exact) mass is 366 g/mol. The lowest BCUT2D eigenvalue weighted by atomic mass is 10.0. The molecule has 1 aromatic heterocycles. The number of rotatable bonds is 6. The number of urea groups is 1. The van der Waals surface area contributed by atoms with E-state index in [0.29, 0.717) is 11.7 Å². The maximum absolute atomic E-state index is 12.0. The number of hydrogen-bond acceptors (Lipinski definition) is 5. The van der Waals surface area contributed by atoms with Gasteiger partial charge in [-0.15, -0.1) is 11.3 Å². The lowest BCUT2D eigenvalue weighted by Gasteiger charge is -2.16. The molecular weight excluding hydrogens is 344 g/mol. The number of thiazole rings is 1. The molecule has 2 fully saturated rings. The van der Waals surface area contributed by atoms with Gasteiger partial charge in [0, 0.05) is 22.3 Å². The van der Waals surface area contributed by atoms with E-state index in [9.17, 15) is 9.59 Å². The first-order valence-electron chi connectivity index (χ1n) is 8.66. The molecule has 2 saturated heterocycles. The predicted octanol–water partition coefficient (Wildman–Crippen LogP) is 2.30. The van der Waals surface area contributed by atoms with Crippen LogP contribution in [0.2, 0.25) is 0 Å². The van der Waals surface area contributed by atoms with Gasteiger partial charge in [0.2, 0.25) is 5.91 Å². The summed E-state index contributed by atoms with van der Waals surface area (Å²) < 4.78 is 0. The van der Waals surface area contributed by atoms with Gasteiger partial charge in [0.15, 0.2) is 5.13 Å². The molecule has 130 valence electrons. The number of amides is 3. The Morgan fingerprint density at radius 2 is 2.21 bits per heavy atom. The van der Waals surface area contributed by atoms with Gasteiger partial charge in [-0.1, -0.05) is 6.42 Å². The number of carbonyl (C=O) groups is 2. The number of nitrogens with zero attached hydrogens (tertiary/aromatic N) is 1. The molecule has 8 heteroatoms. The van der Waals surface area contributed by atoms with Gasteiger partial charge in [-0.3, -0.25) is 4.79 Å². The third kappa shape index (κ3) is 3.39. The first kappa shape index (κ1) is 16.2. The van der Waals surface area contributed by atoms with Crippen LogP contribution in [0, 0.1) is 0 Å². The Morgan fingerprint density at radius 1 is 1.29 bits per heavy atom. The highest BCUT2D eigenvalue weighted by Gasteiger charge is 2.42. The van der Waals surface area contributed by atoms with Crippen LogP contribution in [0.25, 0.3) is 0 Å². The molecule has 24 heavy (non-hydrogen) atoms. The Hall–Kier alpha value is -1.28. The fraction of sp³-hybridized carbons (Fsp3) is 0.688. The molecule has 3 N–H and O–H groups in total. The zero-order valence-electron chi connectivity index (χ0n) is 13.5. The molecule has 4 rings (SSSR count). The van der Waals surface area contributed by atoms with Gasteiger partial charge in [-0.25, -0.2) is 9.78 Å². The molecule has 0 radical (unpaired) electrons. The lowest BCUT2D eigenvalue weighted by Crippen LogP contribution is -2.36. The smallest absolute Gasteiger partial charge is 0.315 e. The van der Waals surface area contributed by atoms with Gasteiger partial charge in [0.25, 0.3) is 0 Å². The van der Waals surface area contributed by atoms with E-state index in [1.54, 1.807) is 11.3 Å². The van der Waals surface area contributed by atoms with Crippen molar-refractivity contribution >= 4 is 40.2 Å². The van der Waals surface area contributed by atoms with Crippen LogP contribution in [-0.2, 0) is 17.6 Å². The average molecular weight is 367 g/mol. The SMILES string of the molecule is O=C(CCCCC1SCC2NC(=O)NC21)Nc1nc2c(s1)CCC2. The van der Waals surface area contributed by atoms with Crippen LogP contribution in [0.1, 0.15) is 42.7 Å². The molecule has 1 aliphatic carbocycles. The number of nitrogens with one attached hydrogen (secondary N) is 3. The van der Waals surface area contributed by atoms with Gasteiger partial charge < -0.3 is 16.0 Å². The van der Waals surface area contributed by atoms with Crippen molar-refractivity contribution < 1.29 is 9.59 Å². The minimum absolute atomic E-state index is 0.0370. The molecule has 3 amide bonds. The number of carbonyl (C=O) groups excluding carboxylic acids is 2. The van der Waals surface area contributed by atoms with E-state index < -0.39 is 0 Å². The van der Waals surface area contributed by atoms with Crippen molar-refractivity contribution in [2.45, 2.75) is 62.3 Å². The molecule has 1 aromatic rings. The van der Waals surface area contributed by atoms with Gasteiger partial charge in [-0.05, 0) is 32.1 Å². The summed E-state index contributed by atoms with van der Waals surface area (Å²) in [5, 5.41) is 10.1. The highest BCUT2D eigenvalue weighted by atomic mass is 32.2. The standard InChI is InChI=1S/C16H22N4O2S2/c21-13(19-16-18-9-4-3-6-11(9)24-16)7-2-1-5-12-14-10(8-23-12)17-15(22)20-14/h10,12,14H,1-8H2,(H2,17,20,22)(H,18,19,21). The van der Waals surface area contributed by atoms with Crippen molar-refractivity contribution in [1.29, 1.82) is 0 Å². The summed E-state index contributed by atoms with van der Waals surface area (Å²) in [6.07, 6.45) is 6.83. The Bertz CT molecular complexity index is 627. The number of anilines is 1. The lowest BCUT2D eigenvalue weighted by molar-refractivity contribution is -0.116. The second-order valence-electron chi connectivity index (χ2n) is 6.66. The third-order valence-electron chi connectivity index (χ3n) is 4.92. The van der Waals surface area contributed by atoms with Gasteiger partial charge in [0.1, 0.15) is 0 Å². The van der Waals surface area contributed by atoms with Gasteiger partial charge in [0.05, 0.1) is 17.8 Å². The molecule has 3 unspecified atom stereocenters. The second-order valence-corrected chi connectivity index (χ2v) is 9.01. The van der Waals surface area contributed by atoms with Crippen molar-refractivity contribution in [1.82, 2.24) is 15.6 Å². The minimum Gasteiger partial charge on any atom is -0.332 e. The highest BCUT2D eigenvalue weighted by molar-refractivity contribution is 8.00. The van der Waals surface area contributed by atoms with E-state index in [1.807, 2.05) is 11.8 Å². The summed E-state index contributed by atoms with van der Waals surface area (Å²) >= 11 is 3.55. The van der Waals surface area contributed by atoms with E-state index in [-0.39, 0.29) is 24.0 Å². The maximum atomic E-state index is 12.0. The first-order valence-corrected chi connectivity index (χ1v) is 10.5. The molecule has 3 atom stereocenters. The Morgan fingerprint density at radius 3 is 3.08 bits per heavy atom. The van der Waals surface area contributed by atoms with Gasteiger partial charge >= 0.3 is 6.03 Å². The normalized spacial score (nSPS) is 27.5. The van der Waals surface area contributed by atoms with Gasteiger partial charge in [-0.2, -0.15) is 11.8 Å². The summed E-state index contributed by atoms with van der Waals surface area (Å²) in [5.41, 5.74) is 1.18. The number of unbranched alkanes of at least 4 members (excludes halogenated alkanes) is 1. The quantitative estimate of drug-likeness (QED) is 0.533. The third-order valence-corrected chi connectivity index (χ3v) is 7.50. The van der Waals surface area contributed by atoms with Crippen molar-refractivity contribution in [2.75, 3.05) is 11.1 Å². The highest BCUT2D eigenvalue weighted by Crippen LogP contribution is 2.33. The van der Waals surface area contributed by atoms with Crippen LogP contribution in [0.5, 0.6) is 0 Å². The number of fused-ring (bicyclic) bond motifs is 2. The summed E-state index contributed by atoms with van der Waals surface area (Å²) in [6.45, 7) is 0. The molecular formula is C16H22N4O2S2. The number of hydrogen-bond donors (Lipinski definition) is 3. The maximum Gasteiger partial charge on any atom is 0.315 e. The minimum atomic E-state index is -0.0370. The van der Waals surface area contributed by atoms with E-state index in [1.165, 1.54) is 17.0 Å². The van der Waals surface area contributed by atoms with E-state index in [2.05, 4.69) is 20.9 Å². The molecule has 2 aliphatic heterocycles. The average Bonchev–Trinajstić information content (AvgIpc) is 3.25. The van der Waals surface area contributed by atoms with Crippen LogP contribution in [-0.4, -0.2) is 40.0 Å². The van der Waals surface area contributed by atoms with Crippen LogP contribution >= 0.6 is 23.1 Å². The number of aromatic nitrogens is 1. The van der Waals surface area contributed by atoms with Crippen molar-refractivity contribution in [3.8, 4) is 0 Å². The van der Waals surface area contributed by atoms with E-state index in [4.69, 9.17) is 0 Å². The summed E-state index contributed by atoms with van der Waals surface area (Å²) in [4.78, 5) is 29.2. The molecule has 0 saturated carbocycles. The predicted molar refractivity (Wildman–Crippen MR) is 96.7 cm³/mol. The van der Waals surface area contributed by atoms with Crippen molar-refractivity contribution in [3.63, 3.8) is 0 Å². The zero-order valence-corrected chi connectivity index (χ0v) is 15.1. The first-order chi connectivity index (χ1) is 11.7. The molecule has 0 spiro atoms. The van der Waals surface area contributed by atoms with Crippen molar-refractivity contribution in [2.24, 2.45) is 0 Å².